The van der Waals surface area contributed by atoms with Crippen LogP contribution in [0.2, 0.25) is 5.02 Å². The van der Waals surface area contributed by atoms with Gasteiger partial charge >= 0.3 is 0 Å². The van der Waals surface area contributed by atoms with Crippen molar-refractivity contribution in [1.82, 2.24) is 4.57 Å². The zero-order valence-corrected chi connectivity index (χ0v) is 17.6. The fourth-order valence-corrected chi connectivity index (χ4v) is 3.81. The largest absolute Gasteiger partial charge is 0.508 e. The maximum atomic E-state index is 13.7. The average molecular weight is 427 g/mol. The molecule has 1 aromatic heterocycles. The Bertz CT molecular complexity index is 1350. The lowest BCUT2D eigenvalue weighted by Crippen LogP contribution is -2.24. The summed E-state index contributed by atoms with van der Waals surface area (Å²) in [6, 6.07) is 25.3. The number of aryl methyl sites for hydroxylation is 1. The van der Waals surface area contributed by atoms with E-state index in [0.29, 0.717) is 16.3 Å². The van der Waals surface area contributed by atoms with Gasteiger partial charge < -0.3 is 5.11 Å². The second-order valence-electron chi connectivity index (χ2n) is 7.11. The quantitative estimate of drug-likeness (QED) is 0.437. The van der Waals surface area contributed by atoms with Crippen LogP contribution in [0.25, 0.3) is 28.1 Å². The summed E-state index contributed by atoms with van der Waals surface area (Å²) in [5.74, 6) is 0.137. The Labute approximate surface area is 185 Å². The summed E-state index contributed by atoms with van der Waals surface area (Å²) in [6.07, 6.45) is 0.735. The summed E-state index contributed by atoms with van der Waals surface area (Å²) < 4.78 is 1.59. The molecular weight excluding hydrogens is 408 g/mol. The molecule has 4 nitrogen and oxygen atoms in total. The molecule has 1 N–H and O–H groups in total. The molecule has 0 saturated heterocycles. The van der Waals surface area contributed by atoms with Crippen molar-refractivity contribution >= 4 is 11.6 Å². The van der Waals surface area contributed by atoms with Gasteiger partial charge in [-0.05, 0) is 71.6 Å². The molecule has 0 amide bonds. The Kier molecular flexibility index (Phi) is 5.62. The van der Waals surface area contributed by atoms with Gasteiger partial charge in [-0.1, -0.05) is 48.9 Å². The van der Waals surface area contributed by atoms with E-state index in [-0.39, 0.29) is 16.9 Å². The molecule has 4 aromatic rings. The molecule has 152 valence electrons. The fraction of sp³-hybridized carbons (Fsp3) is 0.0769. The zero-order chi connectivity index (χ0) is 22.0. The van der Waals surface area contributed by atoms with E-state index in [1.54, 1.807) is 53.1 Å². The van der Waals surface area contributed by atoms with E-state index >= 15 is 0 Å². The number of nitrogens with zero attached hydrogens (tertiary/aromatic N) is 2. The van der Waals surface area contributed by atoms with Crippen molar-refractivity contribution in [2.24, 2.45) is 0 Å². The van der Waals surface area contributed by atoms with E-state index in [0.717, 1.165) is 28.8 Å². The van der Waals surface area contributed by atoms with E-state index in [4.69, 9.17) is 11.6 Å². The van der Waals surface area contributed by atoms with Crippen LogP contribution in [0.15, 0.2) is 83.7 Å². The monoisotopic (exact) mass is 426 g/mol. The third-order valence-corrected chi connectivity index (χ3v) is 5.50. The zero-order valence-electron chi connectivity index (χ0n) is 16.8. The number of rotatable bonds is 4. The van der Waals surface area contributed by atoms with E-state index in [1.165, 1.54) is 0 Å². The lowest BCUT2D eigenvalue weighted by Gasteiger charge is -2.19. The Hall–Kier alpha value is -3.81. The van der Waals surface area contributed by atoms with E-state index in [9.17, 15) is 15.2 Å². The first-order chi connectivity index (χ1) is 15.0. The molecule has 0 saturated carbocycles. The molecule has 31 heavy (non-hydrogen) atoms. The van der Waals surface area contributed by atoms with Crippen molar-refractivity contribution < 1.29 is 5.11 Å². The van der Waals surface area contributed by atoms with Crippen LogP contribution >= 0.6 is 11.6 Å². The van der Waals surface area contributed by atoms with Crippen molar-refractivity contribution in [1.29, 1.82) is 5.26 Å². The van der Waals surface area contributed by atoms with Crippen molar-refractivity contribution in [3.8, 4) is 39.9 Å². The van der Waals surface area contributed by atoms with Gasteiger partial charge in [0.2, 0.25) is 0 Å². The highest BCUT2D eigenvalue weighted by Crippen LogP contribution is 2.31. The van der Waals surface area contributed by atoms with Gasteiger partial charge in [-0.3, -0.25) is 9.36 Å². The lowest BCUT2D eigenvalue weighted by molar-refractivity contribution is 0.475. The van der Waals surface area contributed by atoms with Gasteiger partial charge in [0, 0.05) is 10.6 Å². The first kappa shape index (κ1) is 20.5. The Morgan fingerprint density at radius 1 is 0.968 bits per heavy atom. The predicted octanol–water partition coefficient (Wildman–Crippen LogP) is 5.96. The van der Waals surface area contributed by atoms with Crippen LogP contribution in [-0.2, 0) is 6.42 Å². The van der Waals surface area contributed by atoms with E-state index < -0.39 is 0 Å². The number of phenols is 1. The third-order valence-electron chi connectivity index (χ3n) is 5.25. The van der Waals surface area contributed by atoms with Crippen molar-refractivity contribution in [3.63, 3.8) is 0 Å². The summed E-state index contributed by atoms with van der Waals surface area (Å²) in [5, 5.41) is 20.2. The van der Waals surface area contributed by atoms with E-state index in [1.807, 2.05) is 37.3 Å². The van der Waals surface area contributed by atoms with Gasteiger partial charge in [-0.15, -0.1) is 0 Å². The minimum atomic E-state index is -0.390. The number of benzene rings is 3. The molecule has 3 aromatic carbocycles. The number of halogens is 1. The van der Waals surface area contributed by atoms with Gasteiger partial charge in [0.1, 0.15) is 17.4 Å². The highest BCUT2D eigenvalue weighted by Gasteiger charge is 2.19. The van der Waals surface area contributed by atoms with E-state index in [2.05, 4.69) is 6.07 Å². The summed E-state index contributed by atoms with van der Waals surface area (Å²) in [6.45, 7) is 2.03. The van der Waals surface area contributed by atoms with Gasteiger partial charge in [-0.2, -0.15) is 5.26 Å². The highest BCUT2D eigenvalue weighted by atomic mass is 35.5. The van der Waals surface area contributed by atoms with Crippen LogP contribution in [0.5, 0.6) is 5.75 Å². The Balaban J connectivity index is 2.11. The standard InChI is InChI=1S/C26H19ClN2O2/c1-2-17-5-3-4-6-24(17)29-25(19-9-13-21(30)14-10-19)15-22(23(16-28)26(29)31)18-7-11-20(27)12-8-18/h3-15,30H,2H2,1H3. The molecule has 0 radical (unpaired) electrons. The molecule has 5 heteroatoms. The summed E-state index contributed by atoms with van der Waals surface area (Å²) >= 11 is 6.03. The number of nitriles is 1. The number of hydrogen-bond acceptors (Lipinski definition) is 3. The first-order valence-electron chi connectivity index (χ1n) is 9.87. The normalized spacial score (nSPS) is 10.6. The summed E-state index contributed by atoms with van der Waals surface area (Å²) in [4.78, 5) is 13.7. The van der Waals surface area contributed by atoms with Crippen LogP contribution in [0.4, 0.5) is 0 Å². The second kappa shape index (κ2) is 8.51. The molecule has 1 heterocycles. The number of para-hydroxylation sites is 1. The minimum Gasteiger partial charge on any atom is -0.508 e. The van der Waals surface area contributed by atoms with Gasteiger partial charge in [0.25, 0.3) is 5.56 Å². The molecule has 0 aliphatic rings. The van der Waals surface area contributed by atoms with Crippen molar-refractivity contribution in [3.05, 3.63) is 105 Å². The molecule has 0 spiro atoms. The number of phenolic OH excluding ortho intramolecular Hbond substituents is 1. The van der Waals surface area contributed by atoms with Crippen LogP contribution in [0.3, 0.4) is 0 Å². The lowest BCUT2D eigenvalue weighted by atomic mass is 9.97. The van der Waals surface area contributed by atoms with Crippen LogP contribution in [-0.4, -0.2) is 9.67 Å². The van der Waals surface area contributed by atoms with Gasteiger partial charge in [0.05, 0.1) is 11.4 Å². The molecule has 0 aliphatic heterocycles. The number of pyridine rings is 1. The van der Waals surface area contributed by atoms with Gasteiger partial charge in [0.15, 0.2) is 0 Å². The molecular formula is C26H19ClN2O2. The smallest absolute Gasteiger partial charge is 0.274 e. The maximum absolute atomic E-state index is 13.7. The number of aromatic hydroxyl groups is 1. The Morgan fingerprint density at radius 2 is 1.61 bits per heavy atom. The second-order valence-corrected chi connectivity index (χ2v) is 7.54. The van der Waals surface area contributed by atoms with Crippen LogP contribution in [0.1, 0.15) is 18.1 Å². The summed E-state index contributed by atoms with van der Waals surface area (Å²) in [7, 11) is 0. The van der Waals surface area contributed by atoms with Crippen LogP contribution < -0.4 is 5.56 Å². The first-order valence-corrected chi connectivity index (χ1v) is 10.2. The molecule has 0 bridgehead atoms. The maximum Gasteiger partial charge on any atom is 0.274 e. The highest BCUT2D eigenvalue weighted by molar-refractivity contribution is 6.30. The summed E-state index contributed by atoms with van der Waals surface area (Å²) in [5.41, 5.74) is 4.06. The molecule has 0 fully saturated rings. The number of aromatic nitrogens is 1. The molecule has 0 unspecified atom stereocenters. The predicted molar refractivity (Wildman–Crippen MR) is 124 cm³/mol. The minimum absolute atomic E-state index is 0.0655. The fourth-order valence-electron chi connectivity index (χ4n) is 3.69. The molecule has 0 aliphatic carbocycles. The Morgan fingerprint density at radius 3 is 2.26 bits per heavy atom. The van der Waals surface area contributed by atoms with Gasteiger partial charge in [-0.25, -0.2) is 0 Å². The molecule has 4 rings (SSSR count). The SMILES string of the molecule is CCc1ccccc1-n1c(-c2ccc(O)cc2)cc(-c2ccc(Cl)cc2)c(C#N)c1=O. The van der Waals surface area contributed by atoms with Crippen molar-refractivity contribution in [2.75, 3.05) is 0 Å². The van der Waals surface area contributed by atoms with Crippen molar-refractivity contribution in [2.45, 2.75) is 13.3 Å². The topological polar surface area (TPSA) is 66.0 Å². The average Bonchev–Trinajstić information content (AvgIpc) is 2.79. The number of hydrogen-bond donors (Lipinski definition) is 1. The third kappa shape index (κ3) is 3.84. The van der Waals surface area contributed by atoms with Crippen LogP contribution in [0, 0.1) is 11.3 Å². The molecule has 0 atom stereocenters.